The van der Waals surface area contributed by atoms with Crippen molar-refractivity contribution in [2.24, 2.45) is 0 Å². The number of piperidine rings is 1. The number of piperazine rings is 1. The summed E-state index contributed by atoms with van der Waals surface area (Å²) >= 11 is 0. The lowest BCUT2D eigenvalue weighted by Crippen LogP contribution is -2.54. The van der Waals surface area contributed by atoms with Gasteiger partial charge in [-0.2, -0.15) is 0 Å². The number of hydrogen-bond donors (Lipinski definition) is 2. The molecule has 88 valence electrons. The van der Waals surface area contributed by atoms with Crippen molar-refractivity contribution in [2.75, 3.05) is 52.9 Å². The molecule has 15 heavy (non-hydrogen) atoms. The molecule has 4 heteroatoms. The van der Waals surface area contributed by atoms with E-state index in [1.165, 1.54) is 0 Å². The fraction of sp³-hybridized carbons (Fsp3) is 1.00. The minimum atomic E-state index is -0.429. The first-order chi connectivity index (χ1) is 7.18. The van der Waals surface area contributed by atoms with Gasteiger partial charge < -0.3 is 15.3 Å². The summed E-state index contributed by atoms with van der Waals surface area (Å²) in [4.78, 5) is 4.76. The van der Waals surface area contributed by atoms with Crippen LogP contribution in [-0.4, -0.2) is 73.4 Å². The molecular weight excluding hydrogens is 190 g/mol. The van der Waals surface area contributed by atoms with Crippen molar-refractivity contribution in [3.63, 3.8) is 0 Å². The molecule has 0 saturated carbocycles. The van der Waals surface area contributed by atoms with E-state index < -0.39 is 5.60 Å². The Kier molecular flexibility index (Phi) is 3.61. The summed E-state index contributed by atoms with van der Waals surface area (Å²) in [6.45, 7) is 7.26. The fourth-order valence-corrected chi connectivity index (χ4v) is 2.47. The van der Waals surface area contributed by atoms with Crippen molar-refractivity contribution in [3.8, 4) is 0 Å². The van der Waals surface area contributed by atoms with Crippen LogP contribution >= 0.6 is 0 Å². The van der Waals surface area contributed by atoms with Crippen LogP contribution in [0, 0.1) is 0 Å². The monoisotopic (exact) mass is 213 g/mol. The van der Waals surface area contributed by atoms with E-state index >= 15 is 0 Å². The van der Waals surface area contributed by atoms with E-state index in [1.807, 2.05) is 0 Å². The van der Waals surface area contributed by atoms with Gasteiger partial charge in [0.2, 0.25) is 0 Å². The van der Waals surface area contributed by atoms with Crippen molar-refractivity contribution in [3.05, 3.63) is 0 Å². The summed E-state index contributed by atoms with van der Waals surface area (Å²) in [7, 11) is 2.16. The van der Waals surface area contributed by atoms with E-state index in [4.69, 9.17) is 0 Å². The van der Waals surface area contributed by atoms with Gasteiger partial charge in [0, 0.05) is 32.7 Å². The van der Waals surface area contributed by atoms with Gasteiger partial charge in [0.05, 0.1) is 5.60 Å². The molecular formula is C11H23N3O. The summed E-state index contributed by atoms with van der Waals surface area (Å²) in [6.07, 6.45) is 1.80. The standard InChI is InChI=1S/C11H23N3O/c1-13-6-8-14(9-7-13)10-11(15)2-4-12-5-3-11/h12,15H,2-10H2,1H3. The summed E-state index contributed by atoms with van der Waals surface area (Å²) in [6, 6.07) is 0. The summed E-state index contributed by atoms with van der Waals surface area (Å²) in [5.41, 5.74) is -0.429. The second-order valence-electron chi connectivity index (χ2n) is 5.05. The van der Waals surface area contributed by atoms with Gasteiger partial charge in [-0.25, -0.2) is 0 Å². The highest BCUT2D eigenvalue weighted by atomic mass is 16.3. The Bertz CT molecular complexity index is 196. The van der Waals surface area contributed by atoms with Crippen LogP contribution in [0.2, 0.25) is 0 Å². The van der Waals surface area contributed by atoms with Gasteiger partial charge in [-0.1, -0.05) is 0 Å². The molecule has 4 nitrogen and oxygen atoms in total. The lowest BCUT2D eigenvalue weighted by atomic mass is 9.91. The van der Waals surface area contributed by atoms with Gasteiger partial charge >= 0.3 is 0 Å². The molecule has 0 radical (unpaired) electrons. The third-order valence-corrected chi connectivity index (χ3v) is 3.65. The van der Waals surface area contributed by atoms with E-state index in [9.17, 15) is 5.11 Å². The maximum Gasteiger partial charge on any atom is 0.0798 e. The average molecular weight is 213 g/mol. The fourth-order valence-electron chi connectivity index (χ4n) is 2.47. The van der Waals surface area contributed by atoms with Gasteiger partial charge in [-0.3, -0.25) is 4.90 Å². The highest BCUT2D eigenvalue weighted by Gasteiger charge is 2.31. The molecule has 2 aliphatic rings. The molecule has 0 aliphatic carbocycles. The molecule has 2 N–H and O–H groups in total. The third-order valence-electron chi connectivity index (χ3n) is 3.65. The Balaban J connectivity index is 1.80. The summed E-state index contributed by atoms with van der Waals surface area (Å²) < 4.78 is 0. The predicted octanol–water partition coefficient (Wildman–Crippen LogP) is -0.652. The van der Waals surface area contributed by atoms with Gasteiger partial charge in [0.1, 0.15) is 0 Å². The molecule has 2 heterocycles. The molecule has 0 aromatic carbocycles. The first kappa shape index (κ1) is 11.3. The van der Waals surface area contributed by atoms with Crippen molar-refractivity contribution in [1.29, 1.82) is 0 Å². The lowest BCUT2D eigenvalue weighted by Gasteiger charge is -2.40. The number of aliphatic hydroxyl groups is 1. The van der Waals surface area contributed by atoms with Crippen molar-refractivity contribution in [1.82, 2.24) is 15.1 Å². The second kappa shape index (κ2) is 4.78. The van der Waals surface area contributed by atoms with Crippen LogP contribution in [0.25, 0.3) is 0 Å². The Morgan fingerprint density at radius 3 is 2.33 bits per heavy atom. The Morgan fingerprint density at radius 1 is 1.13 bits per heavy atom. The van der Waals surface area contributed by atoms with Crippen molar-refractivity contribution < 1.29 is 5.11 Å². The first-order valence-electron chi connectivity index (χ1n) is 6.02. The molecule has 0 amide bonds. The average Bonchev–Trinajstić information content (AvgIpc) is 2.22. The topological polar surface area (TPSA) is 38.7 Å². The number of likely N-dealkylation sites (N-methyl/N-ethyl adjacent to an activating group) is 1. The van der Waals surface area contributed by atoms with E-state index in [1.54, 1.807) is 0 Å². The van der Waals surface area contributed by atoms with E-state index in [-0.39, 0.29) is 0 Å². The van der Waals surface area contributed by atoms with Crippen LogP contribution < -0.4 is 5.32 Å². The molecule has 0 bridgehead atoms. The largest absolute Gasteiger partial charge is 0.388 e. The van der Waals surface area contributed by atoms with E-state index in [2.05, 4.69) is 22.2 Å². The molecule has 2 aliphatic heterocycles. The van der Waals surface area contributed by atoms with Crippen LogP contribution in [0.5, 0.6) is 0 Å². The van der Waals surface area contributed by atoms with Crippen LogP contribution in [0.4, 0.5) is 0 Å². The highest BCUT2D eigenvalue weighted by molar-refractivity contribution is 4.88. The Hall–Kier alpha value is -0.160. The smallest absolute Gasteiger partial charge is 0.0798 e. The maximum absolute atomic E-state index is 10.4. The van der Waals surface area contributed by atoms with Crippen LogP contribution in [0.15, 0.2) is 0 Å². The number of β-amino-alcohol motifs (C(OH)–C–C–N with tert-alkyl or cyclic N) is 1. The molecule has 0 aromatic heterocycles. The molecule has 2 fully saturated rings. The van der Waals surface area contributed by atoms with Gasteiger partial charge in [-0.05, 0) is 33.0 Å². The van der Waals surface area contributed by atoms with E-state index in [0.717, 1.165) is 58.7 Å². The van der Waals surface area contributed by atoms with Crippen molar-refractivity contribution >= 4 is 0 Å². The SMILES string of the molecule is CN1CCN(CC2(O)CCNCC2)CC1. The minimum Gasteiger partial charge on any atom is -0.388 e. The maximum atomic E-state index is 10.4. The number of rotatable bonds is 2. The first-order valence-corrected chi connectivity index (χ1v) is 6.02. The van der Waals surface area contributed by atoms with Crippen LogP contribution in [0.3, 0.4) is 0 Å². The summed E-state index contributed by atoms with van der Waals surface area (Å²) in [5, 5.41) is 13.7. The van der Waals surface area contributed by atoms with Gasteiger partial charge in [0.25, 0.3) is 0 Å². The quantitative estimate of drug-likeness (QED) is 0.639. The number of nitrogens with one attached hydrogen (secondary N) is 1. The zero-order valence-electron chi connectivity index (χ0n) is 9.71. The van der Waals surface area contributed by atoms with Crippen molar-refractivity contribution in [2.45, 2.75) is 18.4 Å². The zero-order valence-corrected chi connectivity index (χ0v) is 9.71. The third kappa shape index (κ3) is 3.14. The lowest BCUT2D eigenvalue weighted by molar-refractivity contribution is -0.0291. The van der Waals surface area contributed by atoms with Crippen LogP contribution in [0.1, 0.15) is 12.8 Å². The minimum absolute atomic E-state index is 0.429. The molecule has 2 rings (SSSR count). The van der Waals surface area contributed by atoms with Gasteiger partial charge in [-0.15, -0.1) is 0 Å². The summed E-state index contributed by atoms with van der Waals surface area (Å²) in [5.74, 6) is 0. The number of nitrogens with zero attached hydrogens (tertiary/aromatic N) is 2. The normalized spacial score (nSPS) is 29.2. The van der Waals surface area contributed by atoms with Crippen LogP contribution in [-0.2, 0) is 0 Å². The Morgan fingerprint density at radius 2 is 1.73 bits per heavy atom. The molecule has 0 unspecified atom stereocenters. The second-order valence-corrected chi connectivity index (χ2v) is 5.05. The Labute approximate surface area is 92.2 Å². The molecule has 0 spiro atoms. The predicted molar refractivity (Wildman–Crippen MR) is 61.0 cm³/mol. The van der Waals surface area contributed by atoms with E-state index in [0.29, 0.717) is 0 Å². The molecule has 2 saturated heterocycles. The number of hydrogen-bond acceptors (Lipinski definition) is 4. The highest BCUT2D eigenvalue weighted by Crippen LogP contribution is 2.19. The molecule has 0 aromatic rings. The van der Waals surface area contributed by atoms with Gasteiger partial charge in [0.15, 0.2) is 0 Å². The molecule has 0 atom stereocenters. The zero-order chi connectivity index (χ0) is 10.7.